The fourth-order valence-corrected chi connectivity index (χ4v) is 3.15. The molecule has 7 heteroatoms. The van der Waals surface area contributed by atoms with Gasteiger partial charge in [0.25, 0.3) is 5.91 Å². The van der Waals surface area contributed by atoms with E-state index in [2.05, 4.69) is 10.3 Å². The first-order valence-electron chi connectivity index (χ1n) is 6.88. The van der Waals surface area contributed by atoms with Crippen molar-refractivity contribution in [3.05, 3.63) is 35.3 Å². The van der Waals surface area contributed by atoms with Crippen molar-refractivity contribution in [3.8, 4) is 16.3 Å². The highest BCUT2D eigenvalue weighted by Crippen LogP contribution is 2.27. The van der Waals surface area contributed by atoms with Gasteiger partial charge in [-0.15, -0.1) is 23.7 Å². The highest BCUT2D eigenvalue weighted by atomic mass is 35.5. The number of hydrogen-bond acceptors (Lipinski definition) is 5. The first-order chi connectivity index (χ1) is 10.3. The molecule has 0 bridgehead atoms. The largest absolute Gasteiger partial charge is 0.497 e. The lowest BCUT2D eigenvalue weighted by Gasteiger charge is -2.26. The molecule has 1 N–H and O–H groups in total. The molecule has 0 radical (unpaired) electrons. The summed E-state index contributed by atoms with van der Waals surface area (Å²) in [5.74, 6) is 0.890. The molecule has 22 heavy (non-hydrogen) atoms. The number of methoxy groups -OCH3 is 1. The van der Waals surface area contributed by atoms with E-state index in [0.29, 0.717) is 4.88 Å². The Morgan fingerprint density at radius 3 is 2.59 bits per heavy atom. The SMILES string of the molecule is COc1ccc(-c2ncc(C(=O)N3CCNCC3)s2)cc1.Cl. The molecule has 1 aliphatic rings. The van der Waals surface area contributed by atoms with Crippen molar-refractivity contribution in [2.24, 2.45) is 0 Å². The maximum absolute atomic E-state index is 12.4. The Hall–Kier alpha value is -1.63. The lowest BCUT2D eigenvalue weighted by atomic mass is 10.2. The first-order valence-corrected chi connectivity index (χ1v) is 7.70. The van der Waals surface area contributed by atoms with Crippen molar-refractivity contribution in [2.75, 3.05) is 33.3 Å². The fraction of sp³-hybridized carbons (Fsp3) is 0.333. The summed E-state index contributed by atoms with van der Waals surface area (Å²) >= 11 is 1.44. The van der Waals surface area contributed by atoms with E-state index < -0.39 is 0 Å². The summed E-state index contributed by atoms with van der Waals surface area (Å²) in [5.41, 5.74) is 1.00. The molecule has 0 atom stereocenters. The lowest BCUT2D eigenvalue weighted by molar-refractivity contribution is 0.0740. The Labute approximate surface area is 139 Å². The number of ether oxygens (including phenoxy) is 1. The van der Waals surface area contributed by atoms with E-state index in [-0.39, 0.29) is 18.3 Å². The van der Waals surface area contributed by atoms with Crippen LogP contribution >= 0.6 is 23.7 Å². The van der Waals surface area contributed by atoms with Gasteiger partial charge < -0.3 is 15.0 Å². The summed E-state index contributed by atoms with van der Waals surface area (Å²) in [7, 11) is 1.64. The van der Waals surface area contributed by atoms with Gasteiger partial charge in [0.1, 0.15) is 15.6 Å². The third-order valence-corrected chi connectivity index (χ3v) is 4.49. The van der Waals surface area contributed by atoms with Crippen LogP contribution in [0.2, 0.25) is 0 Å². The van der Waals surface area contributed by atoms with Gasteiger partial charge in [0.05, 0.1) is 13.3 Å². The van der Waals surface area contributed by atoms with E-state index in [0.717, 1.165) is 42.5 Å². The van der Waals surface area contributed by atoms with Crippen molar-refractivity contribution in [1.82, 2.24) is 15.2 Å². The molecule has 2 aromatic rings. The van der Waals surface area contributed by atoms with E-state index in [1.165, 1.54) is 11.3 Å². The smallest absolute Gasteiger partial charge is 0.265 e. The zero-order chi connectivity index (χ0) is 14.7. The van der Waals surface area contributed by atoms with Gasteiger partial charge >= 0.3 is 0 Å². The monoisotopic (exact) mass is 339 g/mol. The van der Waals surface area contributed by atoms with E-state index in [4.69, 9.17) is 4.74 Å². The molecule has 1 aromatic heterocycles. The number of rotatable bonds is 3. The van der Waals surface area contributed by atoms with Crippen LogP contribution in [-0.4, -0.2) is 49.1 Å². The molecule has 0 saturated carbocycles. The molecule has 0 spiro atoms. The van der Waals surface area contributed by atoms with Gasteiger partial charge in [-0.25, -0.2) is 4.98 Å². The van der Waals surface area contributed by atoms with Crippen LogP contribution in [0.1, 0.15) is 9.67 Å². The number of nitrogens with zero attached hydrogens (tertiary/aromatic N) is 2. The van der Waals surface area contributed by atoms with E-state index >= 15 is 0 Å². The van der Waals surface area contributed by atoms with Crippen LogP contribution < -0.4 is 10.1 Å². The second-order valence-electron chi connectivity index (χ2n) is 4.80. The number of thiazole rings is 1. The Kier molecular flexibility index (Phi) is 5.76. The highest BCUT2D eigenvalue weighted by molar-refractivity contribution is 7.16. The molecule has 5 nitrogen and oxygen atoms in total. The van der Waals surface area contributed by atoms with Crippen LogP contribution in [0.25, 0.3) is 10.6 Å². The molecule has 1 aromatic carbocycles. The summed E-state index contributed by atoms with van der Waals surface area (Å²) in [6.07, 6.45) is 1.68. The fourth-order valence-electron chi connectivity index (χ4n) is 2.26. The van der Waals surface area contributed by atoms with Crippen molar-refractivity contribution < 1.29 is 9.53 Å². The Morgan fingerprint density at radius 1 is 1.27 bits per heavy atom. The first kappa shape index (κ1) is 16.7. The van der Waals surface area contributed by atoms with Gasteiger partial charge in [0.15, 0.2) is 0 Å². The Morgan fingerprint density at radius 2 is 1.95 bits per heavy atom. The van der Waals surface area contributed by atoms with Crippen molar-refractivity contribution >= 4 is 29.7 Å². The average molecular weight is 340 g/mol. The maximum Gasteiger partial charge on any atom is 0.265 e. The molecule has 1 saturated heterocycles. The van der Waals surface area contributed by atoms with Crippen LogP contribution in [0.3, 0.4) is 0 Å². The number of benzene rings is 1. The van der Waals surface area contributed by atoms with Crippen LogP contribution in [0.5, 0.6) is 5.75 Å². The molecule has 0 aliphatic carbocycles. The van der Waals surface area contributed by atoms with Crippen LogP contribution in [-0.2, 0) is 0 Å². The number of carbonyl (C=O) groups excluding carboxylic acids is 1. The molecule has 1 fully saturated rings. The topological polar surface area (TPSA) is 54.5 Å². The lowest BCUT2D eigenvalue weighted by Crippen LogP contribution is -2.46. The molecular weight excluding hydrogens is 322 g/mol. The number of halogens is 1. The summed E-state index contributed by atoms with van der Waals surface area (Å²) < 4.78 is 5.14. The summed E-state index contributed by atoms with van der Waals surface area (Å²) in [4.78, 5) is 19.3. The molecule has 1 amide bonds. The zero-order valence-electron chi connectivity index (χ0n) is 12.2. The number of piperazine rings is 1. The quantitative estimate of drug-likeness (QED) is 0.932. The molecule has 118 valence electrons. The van der Waals surface area contributed by atoms with Crippen LogP contribution in [0.15, 0.2) is 30.5 Å². The Bertz CT molecular complexity index is 624. The zero-order valence-corrected chi connectivity index (χ0v) is 13.9. The van der Waals surface area contributed by atoms with Gasteiger partial charge in [0.2, 0.25) is 0 Å². The van der Waals surface area contributed by atoms with E-state index in [1.807, 2.05) is 29.2 Å². The Balaban J connectivity index is 0.00000176. The molecule has 3 rings (SSSR count). The number of aromatic nitrogens is 1. The number of carbonyl (C=O) groups is 1. The van der Waals surface area contributed by atoms with Crippen LogP contribution in [0, 0.1) is 0 Å². The predicted molar refractivity (Wildman–Crippen MR) is 90.1 cm³/mol. The minimum absolute atomic E-state index is 0. The minimum atomic E-state index is 0. The van der Waals surface area contributed by atoms with Gasteiger partial charge in [-0.05, 0) is 24.3 Å². The summed E-state index contributed by atoms with van der Waals surface area (Å²) in [6, 6.07) is 7.70. The second kappa shape index (κ2) is 7.58. The van der Waals surface area contributed by atoms with Crippen LogP contribution in [0.4, 0.5) is 0 Å². The maximum atomic E-state index is 12.4. The second-order valence-corrected chi connectivity index (χ2v) is 5.83. The normalized spacial score (nSPS) is 14.3. The molecular formula is C15H18ClN3O2S. The number of hydrogen-bond donors (Lipinski definition) is 1. The van der Waals surface area contributed by atoms with Gasteiger partial charge in [0, 0.05) is 31.7 Å². The van der Waals surface area contributed by atoms with Gasteiger partial charge in [-0.3, -0.25) is 4.79 Å². The van der Waals surface area contributed by atoms with E-state index in [1.54, 1.807) is 13.3 Å². The predicted octanol–water partition coefficient (Wildman–Crippen LogP) is 2.29. The average Bonchev–Trinajstić information content (AvgIpc) is 3.05. The van der Waals surface area contributed by atoms with Crippen molar-refractivity contribution in [3.63, 3.8) is 0 Å². The van der Waals surface area contributed by atoms with E-state index in [9.17, 15) is 4.79 Å². The summed E-state index contributed by atoms with van der Waals surface area (Å²) in [5, 5.41) is 4.10. The number of amides is 1. The summed E-state index contributed by atoms with van der Waals surface area (Å²) in [6.45, 7) is 3.23. The highest BCUT2D eigenvalue weighted by Gasteiger charge is 2.20. The van der Waals surface area contributed by atoms with Gasteiger partial charge in [-0.2, -0.15) is 0 Å². The minimum Gasteiger partial charge on any atom is -0.497 e. The third kappa shape index (κ3) is 3.58. The molecule has 0 unspecified atom stereocenters. The van der Waals surface area contributed by atoms with Gasteiger partial charge in [-0.1, -0.05) is 0 Å². The number of nitrogens with one attached hydrogen (secondary N) is 1. The standard InChI is InChI=1S/C15H17N3O2S.ClH/c1-20-12-4-2-11(3-5-12)14-17-10-13(21-14)15(19)18-8-6-16-7-9-18;/h2-5,10,16H,6-9H2,1H3;1H. The molecule has 2 heterocycles. The molecule has 1 aliphatic heterocycles. The van der Waals surface area contributed by atoms with Crippen molar-refractivity contribution in [1.29, 1.82) is 0 Å². The third-order valence-electron chi connectivity index (χ3n) is 3.46. The van der Waals surface area contributed by atoms with Crippen molar-refractivity contribution in [2.45, 2.75) is 0 Å².